The summed E-state index contributed by atoms with van der Waals surface area (Å²) < 4.78 is 18.6. The second-order valence-electron chi connectivity index (χ2n) is 4.98. The second kappa shape index (κ2) is 6.53. The summed E-state index contributed by atoms with van der Waals surface area (Å²) in [7, 11) is 1.47. The first-order valence-corrected chi connectivity index (χ1v) is 6.72. The number of hydrogen-bond donors (Lipinski definition) is 1. The van der Waals surface area contributed by atoms with E-state index in [0.717, 1.165) is 12.1 Å². The zero-order chi connectivity index (χ0) is 14.5. The van der Waals surface area contributed by atoms with Gasteiger partial charge in [0, 0.05) is 12.6 Å². The molecule has 2 rings (SSSR count). The summed E-state index contributed by atoms with van der Waals surface area (Å²) in [6, 6.07) is 13.5. The average molecular weight is 273 g/mol. The van der Waals surface area contributed by atoms with Gasteiger partial charge in [0.2, 0.25) is 0 Å². The molecule has 0 heterocycles. The highest BCUT2D eigenvalue weighted by molar-refractivity contribution is 5.31. The van der Waals surface area contributed by atoms with Gasteiger partial charge in [0.05, 0.1) is 7.11 Å². The highest BCUT2D eigenvalue weighted by atomic mass is 19.1. The number of halogens is 1. The van der Waals surface area contributed by atoms with Crippen molar-refractivity contribution in [3.05, 3.63) is 65.0 Å². The van der Waals surface area contributed by atoms with Crippen LogP contribution in [-0.2, 0) is 6.54 Å². The maximum atomic E-state index is 13.7. The van der Waals surface area contributed by atoms with Crippen LogP contribution in [0, 0.1) is 12.7 Å². The lowest BCUT2D eigenvalue weighted by Crippen LogP contribution is -2.18. The molecule has 20 heavy (non-hydrogen) atoms. The Balaban J connectivity index is 1.99. The van der Waals surface area contributed by atoms with Crippen molar-refractivity contribution in [1.82, 2.24) is 5.32 Å². The Hall–Kier alpha value is -1.87. The number of methoxy groups -OCH3 is 1. The van der Waals surface area contributed by atoms with Gasteiger partial charge in [-0.15, -0.1) is 0 Å². The van der Waals surface area contributed by atoms with Gasteiger partial charge in [-0.25, -0.2) is 4.39 Å². The number of rotatable bonds is 5. The van der Waals surface area contributed by atoms with E-state index in [1.54, 1.807) is 6.07 Å². The summed E-state index contributed by atoms with van der Waals surface area (Å²) in [4.78, 5) is 0. The Morgan fingerprint density at radius 3 is 2.45 bits per heavy atom. The van der Waals surface area contributed by atoms with Crippen LogP contribution >= 0.6 is 0 Å². The maximum Gasteiger partial charge on any atom is 0.165 e. The number of benzene rings is 2. The molecule has 0 aromatic heterocycles. The van der Waals surface area contributed by atoms with E-state index in [9.17, 15) is 4.39 Å². The first kappa shape index (κ1) is 14.5. The van der Waals surface area contributed by atoms with Crippen LogP contribution in [0.1, 0.15) is 29.7 Å². The zero-order valence-corrected chi connectivity index (χ0v) is 12.1. The normalized spacial score (nSPS) is 12.2. The minimum atomic E-state index is -0.325. The zero-order valence-electron chi connectivity index (χ0n) is 12.1. The van der Waals surface area contributed by atoms with Crippen LogP contribution in [0.15, 0.2) is 42.5 Å². The van der Waals surface area contributed by atoms with Gasteiger partial charge in [0.15, 0.2) is 11.6 Å². The Labute approximate surface area is 119 Å². The second-order valence-corrected chi connectivity index (χ2v) is 4.98. The average Bonchev–Trinajstić information content (AvgIpc) is 2.46. The molecule has 0 spiro atoms. The first-order valence-electron chi connectivity index (χ1n) is 6.72. The van der Waals surface area contributed by atoms with Gasteiger partial charge < -0.3 is 10.1 Å². The molecule has 1 N–H and O–H groups in total. The van der Waals surface area contributed by atoms with Gasteiger partial charge in [-0.05, 0) is 37.1 Å². The van der Waals surface area contributed by atoms with Gasteiger partial charge in [0.1, 0.15) is 0 Å². The van der Waals surface area contributed by atoms with Gasteiger partial charge in [-0.3, -0.25) is 0 Å². The summed E-state index contributed by atoms with van der Waals surface area (Å²) in [5.74, 6) is -0.0477. The molecule has 106 valence electrons. The Morgan fingerprint density at radius 1 is 1.15 bits per heavy atom. The van der Waals surface area contributed by atoms with Crippen molar-refractivity contribution in [2.24, 2.45) is 0 Å². The van der Waals surface area contributed by atoms with Gasteiger partial charge in [-0.2, -0.15) is 0 Å². The van der Waals surface area contributed by atoms with Crippen molar-refractivity contribution < 1.29 is 9.13 Å². The monoisotopic (exact) mass is 273 g/mol. The summed E-state index contributed by atoms with van der Waals surface area (Å²) in [5, 5.41) is 3.39. The first-order chi connectivity index (χ1) is 9.60. The molecule has 0 saturated carbocycles. The van der Waals surface area contributed by atoms with Gasteiger partial charge >= 0.3 is 0 Å². The molecule has 0 radical (unpaired) electrons. The minimum absolute atomic E-state index is 0.0803. The van der Waals surface area contributed by atoms with Crippen LogP contribution in [0.3, 0.4) is 0 Å². The Morgan fingerprint density at radius 2 is 1.85 bits per heavy atom. The topological polar surface area (TPSA) is 21.3 Å². The Kier molecular flexibility index (Phi) is 4.74. The molecule has 0 amide bonds. The van der Waals surface area contributed by atoms with E-state index in [2.05, 4.69) is 36.5 Å². The van der Waals surface area contributed by atoms with Crippen LogP contribution in [-0.4, -0.2) is 7.11 Å². The molecule has 0 aliphatic heterocycles. The summed E-state index contributed by atoms with van der Waals surface area (Å²) in [5.41, 5.74) is 3.38. The van der Waals surface area contributed by atoms with E-state index in [-0.39, 0.29) is 17.6 Å². The molecule has 0 aliphatic rings. The molecule has 3 heteroatoms. The van der Waals surface area contributed by atoms with Crippen molar-refractivity contribution in [1.29, 1.82) is 0 Å². The van der Waals surface area contributed by atoms with Crippen molar-refractivity contribution in [3.63, 3.8) is 0 Å². The molecule has 1 unspecified atom stereocenters. The summed E-state index contributed by atoms with van der Waals surface area (Å²) in [6.07, 6.45) is 0. The molecular formula is C17H20FNO. The molecular weight excluding hydrogens is 253 g/mol. The van der Waals surface area contributed by atoms with Crippen molar-refractivity contribution >= 4 is 0 Å². The van der Waals surface area contributed by atoms with E-state index in [1.807, 2.05) is 13.0 Å². The predicted molar refractivity (Wildman–Crippen MR) is 79.4 cm³/mol. The molecule has 0 bridgehead atoms. The third-order valence-corrected chi connectivity index (χ3v) is 3.41. The number of nitrogens with one attached hydrogen (secondary N) is 1. The molecule has 2 aromatic carbocycles. The SMILES string of the molecule is COc1ccc(C(C)NCc2ccc(C)cc2)cc1F. The highest BCUT2D eigenvalue weighted by Crippen LogP contribution is 2.21. The van der Waals surface area contributed by atoms with Crippen LogP contribution < -0.4 is 10.1 Å². The van der Waals surface area contributed by atoms with Crippen molar-refractivity contribution in [2.75, 3.05) is 7.11 Å². The van der Waals surface area contributed by atoms with Gasteiger partial charge in [-0.1, -0.05) is 35.9 Å². The fraction of sp³-hybridized carbons (Fsp3) is 0.294. The van der Waals surface area contributed by atoms with E-state index in [0.29, 0.717) is 0 Å². The lowest BCUT2D eigenvalue weighted by molar-refractivity contribution is 0.385. The van der Waals surface area contributed by atoms with Crippen LogP contribution in [0.2, 0.25) is 0 Å². The standard InChI is InChI=1S/C17H20FNO/c1-12-4-6-14(7-5-12)11-19-13(2)15-8-9-17(20-3)16(18)10-15/h4-10,13,19H,11H2,1-3H3. The van der Waals surface area contributed by atoms with Gasteiger partial charge in [0.25, 0.3) is 0 Å². The van der Waals surface area contributed by atoms with E-state index < -0.39 is 0 Å². The van der Waals surface area contributed by atoms with Crippen molar-refractivity contribution in [2.45, 2.75) is 26.4 Å². The van der Waals surface area contributed by atoms with E-state index in [1.165, 1.54) is 24.3 Å². The van der Waals surface area contributed by atoms with Crippen LogP contribution in [0.25, 0.3) is 0 Å². The number of hydrogen-bond acceptors (Lipinski definition) is 2. The fourth-order valence-electron chi connectivity index (χ4n) is 2.05. The Bertz CT molecular complexity index is 566. The maximum absolute atomic E-state index is 13.7. The third-order valence-electron chi connectivity index (χ3n) is 3.41. The third kappa shape index (κ3) is 3.58. The fourth-order valence-corrected chi connectivity index (χ4v) is 2.05. The van der Waals surface area contributed by atoms with E-state index in [4.69, 9.17) is 4.74 Å². The lowest BCUT2D eigenvalue weighted by Gasteiger charge is -2.15. The molecule has 0 aliphatic carbocycles. The largest absolute Gasteiger partial charge is 0.494 e. The predicted octanol–water partition coefficient (Wildman–Crippen LogP) is 3.99. The van der Waals surface area contributed by atoms with Crippen LogP contribution in [0.4, 0.5) is 4.39 Å². The molecule has 2 aromatic rings. The van der Waals surface area contributed by atoms with Crippen LogP contribution in [0.5, 0.6) is 5.75 Å². The lowest BCUT2D eigenvalue weighted by atomic mass is 10.1. The highest BCUT2D eigenvalue weighted by Gasteiger charge is 2.09. The molecule has 1 atom stereocenters. The minimum Gasteiger partial charge on any atom is -0.494 e. The van der Waals surface area contributed by atoms with E-state index >= 15 is 0 Å². The molecule has 0 saturated heterocycles. The molecule has 0 fully saturated rings. The summed E-state index contributed by atoms with van der Waals surface area (Å²) >= 11 is 0. The molecule has 2 nitrogen and oxygen atoms in total. The quantitative estimate of drug-likeness (QED) is 0.889. The van der Waals surface area contributed by atoms with Crippen molar-refractivity contribution in [3.8, 4) is 5.75 Å². The smallest absolute Gasteiger partial charge is 0.165 e. The summed E-state index contributed by atoms with van der Waals surface area (Å²) in [6.45, 7) is 4.85. The number of aryl methyl sites for hydroxylation is 1. The number of ether oxygens (including phenoxy) is 1.